The Morgan fingerprint density at radius 2 is 1.63 bits per heavy atom. The Bertz CT molecular complexity index is 1110. The lowest BCUT2D eigenvalue weighted by molar-refractivity contribution is 0.567. The number of rotatable bonds is 2. The minimum Gasteiger partial charge on any atom is -0.347 e. The zero-order valence-corrected chi connectivity index (χ0v) is 16.3. The molecule has 0 spiro atoms. The number of aromatic nitrogens is 1. The third-order valence-electron chi connectivity index (χ3n) is 4.95. The highest BCUT2D eigenvalue weighted by molar-refractivity contribution is 7.91. The molecule has 0 aliphatic carbocycles. The van der Waals surface area contributed by atoms with Crippen molar-refractivity contribution >= 4 is 33.1 Å². The second kappa shape index (κ2) is 7.22. The van der Waals surface area contributed by atoms with Crippen LogP contribution in [0.25, 0.3) is 10.9 Å². The largest absolute Gasteiger partial charge is 0.347 e. The average Bonchev–Trinajstić information content (AvgIpc) is 2.77. The molecular formula is C19H19ClF2N2O2S. The first-order valence-corrected chi connectivity index (χ1v) is 9.88. The molecule has 0 fully saturated rings. The van der Waals surface area contributed by atoms with E-state index in [2.05, 4.69) is 9.88 Å². The summed E-state index contributed by atoms with van der Waals surface area (Å²) in [5.41, 5.74) is 3.28. The van der Waals surface area contributed by atoms with Crippen LogP contribution in [0.15, 0.2) is 46.2 Å². The molecule has 1 aromatic heterocycles. The number of nitrogens with zero attached hydrogens (tertiary/aromatic N) is 1. The maximum atomic E-state index is 13.5. The summed E-state index contributed by atoms with van der Waals surface area (Å²) < 4.78 is 54.8. The molecule has 0 saturated carbocycles. The van der Waals surface area contributed by atoms with Gasteiger partial charge in [0.05, 0.1) is 9.79 Å². The van der Waals surface area contributed by atoms with Gasteiger partial charge in [-0.2, -0.15) is 0 Å². The standard InChI is InChI=1S/C19H18F2N2O2S.ClH/c1-23-18-3-2-14(11-17(18)16-4-6-22-7-5-19(16)23)26(24,25)15-9-12(20)8-13(21)10-15;/h2-3,8-11,22H,4-7H2,1H3;1H. The molecular weight excluding hydrogens is 394 g/mol. The van der Waals surface area contributed by atoms with E-state index in [-0.39, 0.29) is 22.2 Å². The van der Waals surface area contributed by atoms with Gasteiger partial charge in [-0.15, -0.1) is 12.4 Å². The van der Waals surface area contributed by atoms with Gasteiger partial charge in [0.15, 0.2) is 0 Å². The van der Waals surface area contributed by atoms with Gasteiger partial charge in [-0.3, -0.25) is 0 Å². The van der Waals surface area contributed by atoms with Crippen LogP contribution in [0, 0.1) is 11.6 Å². The van der Waals surface area contributed by atoms with Crippen LogP contribution in [0.4, 0.5) is 8.78 Å². The molecule has 0 unspecified atom stereocenters. The number of halogens is 3. The van der Waals surface area contributed by atoms with E-state index in [4.69, 9.17) is 0 Å². The summed E-state index contributed by atoms with van der Waals surface area (Å²) in [6.07, 6.45) is 1.68. The van der Waals surface area contributed by atoms with Gasteiger partial charge in [-0.25, -0.2) is 17.2 Å². The van der Waals surface area contributed by atoms with Crippen LogP contribution in [0.5, 0.6) is 0 Å². The summed E-state index contributed by atoms with van der Waals surface area (Å²) >= 11 is 0. The van der Waals surface area contributed by atoms with Crippen molar-refractivity contribution in [2.24, 2.45) is 7.05 Å². The number of hydrogen-bond donors (Lipinski definition) is 1. The Labute approximate surface area is 162 Å². The molecule has 4 nitrogen and oxygen atoms in total. The average molecular weight is 413 g/mol. The van der Waals surface area contributed by atoms with E-state index in [1.54, 1.807) is 12.1 Å². The second-order valence-corrected chi connectivity index (χ2v) is 8.47. The van der Waals surface area contributed by atoms with Crippen LogP contribution in [0.2, 0.25) is 0 Å². The number of aryl methyl sites for hydroxylation is 1. The zero-order valence-electron chi connectivity index (χ0n) is 14.6. The van der Waals surface area contributed by atoms with Crippen LogP contribution in [-0.2, 0) is 29.7 Å². The molecule has 4 rings (SSSR count). The van der Waals surface area contributed by atoms with Crippen LogP contribution < -0.4 is 5.32 Å². The molecule has 8 heteroatoms. The second-order valence-electron chi connectivity index (χ2n) is 6.52. The molecule has 1 N–H and O–H groups in total. The third-order valence-corrected chi connectivity index (χ3v) is 6.69. The van der Waals surface area contributed by atoms with E-state index < -0.39 is 21.5 Å². The number of benzene rings is 2. The maximum absolute atomic E-state index is 13.5. The van der Waals surface area contributed by atoms with Crippen molar-refractivity contribution in [2.45, 2.75) is 22.6 Å². The fourth-order valence-corrected chi connectivity index (χ4v) is 5.01. The van der Waals surface area contributed by atoms with E-state index in [0.717, 1.165) is 54.5 Å². The fraction of sp³-hybridized carbons (Fsp3) is 0.263. The predicted octanol–water partition coefficient (Wildman–Crippen LogP) is 3.40. The summed E-state index contributed by atoms with van der Waals surface area (Å²) in [6.45, 7) is 1.71. The number of fused-ring (bicyclic) bond motifs is 3. The van der Waals surface area contributed by atoms with Gasteiger partial charge in [0, 0.05) is 42.7 Å². The van der Waals surface area contributed by atoms with Crippen molar-refractivity contribution in [3.8, 4) is 0 Å². The molecule has 0 radical (unpaired) electrons. The minimum absolute atomic E-state index is 0. The van der Waals surface area contributed by atoms with E-state index in [1.165, 1.54) is 11.8 Å². The molecule has 1 aliphatic heterocycles. The molecule has 3 aromatic rings. The Kier molecular flexibility index (Phi) is 5.29. The molecule has 27 heavy (non-hydrogen) atoms. The summed E-state index contributed by atoms with van der Waals surface area (Å²) in [6, 6.07) is 7.23. The van der Waals surface area contributed by atoms with Crippen LogP contribution >= 0.6 is 12.4 Å². The molecule has 1 aliphatic rings. The smallest absolute Gasteiger partial charge is 0.206 e. The topological polar surface area (TPSA) is 51.1 Å². The van der Waals surface area contributed by atoms with E-state index in [0.29, 0.717) is 6.07 Å². The predicted molar refractivity (Wildman–Crippen MR) is 102 cm³/mol. The summed E-state index contributed by atoms with van der Waals surface area (Å²) in [4.78, 5) is -0.335. The van der Waals surface area contributed by atoms with Gasteiger partial charge >= 0.3 is 0 Å². The van der Waals surface area contributed by atoms with Crippen molar-refractivity contribution in [3.63, 3.8) is 0 Å². The van der Waals surface area contributed by atoms with Gasteiger partial charge in [0.2, 0.25) is 9.84 Å². The Morgan fingerprint density at radius 3 is 2.33 bits per heavy atom. The van der Waals surface area contributed by atoms with Crippen LogP contribution in [0.1, 0.15) is 11.3 Å². The summed E-state index contributed by atoms with van der Waals surface area (Å²) in [7, 11) is -2.03. The zero-order chi connectivity index (χ0) is 18.5. The Morgan fingerprint density at radius 1 is 0.963 bits per heavy atom. The van der Waals surface area contributed by atoms with E-state index in [1.807, 2.05) is 7.05 Å². The minimum atomic E-state index is -4.01. The highest BCUT2D eigenvalue weighted by atomic mass is 35.5. The van der Waals surface area contributed by atoms with Crippen LogP contribution in [0.3, 0.4) is 0 Å². The van der Waals surface area contributed by atoms with Crippen LogP contribution in [-0.4, -0.2) is 26.1 Å². The molecule has 0 saturated heterocycles. The highest BCUT2D eigenvalue weighted by Crippen LogP contribution is 2.31. The SMILES string of the molecule is Cl.Cn1c2c(c3cc(S(=O)(=O)c4cc(F)cc(F)c4)ccc31)CCNCC2. The first-order chi connectivity index (χ1) is 12.4. The van der Waals surface area contributed by atoms with E-state index >= 15 is 0 Å². The van der Waals surface area contributed by atoms with Gasteiger partial charge in [-0.05, 0) is 48.9 Å². The quantitative estimate of drug-likeness (QED) is 0.701. The van der Waals surface area contributed by atoms with Crippen molar-refractivity contribution in [2.75, 3.05) is 13.1 Å². The highest BCUT2D eigenvalue weighted by Gasteiger charge is 2.23. The normalized spacial score (nSPS) is 14.5. The first-order valence-electron chi connectivity index (χ1n) is 8.40. The van der Waals surface area contributed by atoms with E-state index in [9.17, 15) is 17.2 Å². The Balaban J connectivity index is 0.00000210. The van der Waals surface area contributed by atoms with Crippen molar-refractivity contribution < 1.29 is 17.2 Å². The van der Waals surface area contributed by atoms with Gasteiger partial charge in [0.1, 0.15) is 11.6 Å². The fourth-order valence-electron chi connectivity index (χ4n) is 3.68. The number of nitrogens with one attached hydrogen (secondary N) is 1. The summed E-state index contributed by atoms with van der Waals surface area (Å²) in [5, 5.41) is 4.22. The molecule has 0 amide bonds. The lowest BCUT2D eigenvalue weighted by atomic mass is 10.1. The van der Waals surface area contributed by atoms with Crippen molar-refractivity contribution in [1.82, 2.24) is 9.88 Å². The van der Waals surface area contributed by atoms with Crippen molar-refractivity contribution in [1.29, 1.82) is 0 Å². The van der Waals surface area contributed by atoms with Gasteiger partial charge in [0.25, 0.3) is 0 Å². The first kappa shape index (κ1) is 19.8. The van der Waals surface area contributed by atoms with Crippen molar-refractivity contribution in [3.05, 3.63) is 59.3 Å². The third kappa shape index (κ3) is 3.35. The monoisotopic (exact) mass is 412 g/mol. The van der Waals surface area contributed by atoms with Gasteiger partial charge in [-0.1, -0.05) is 0 Å². The van der Waals surface area contributed by atoms with Gasteiger partial charge < -0.3 is 9.88 Å². The maximum Gasteiger partial charge on any atom is 0.206 e. The summed E-state index contributed by atoms with van der Waals surface area (Å²) in [5.74, 6) is -1.83. The molecule has 144 valence electrons. The Hall–Kier alpha value is -1.96. The molecule has 0 atom stereocenters. The number of sulfone groups is 1. The molecule has 0 bridgehead atoms. The molecule has 2 aromatic carbocycles. The lowest BCUT2D eigenvalue weighted by Crippen LogP contribution is -2.17. The number of hydrogen-bond acceptors (Lipinski definition) is 3. The lowest BCUT2D eigenvalue weighted by Gasteiger charge is -2.07. The molecule has 2 heterocycles.